The Labute approximate surface area is 71.3 Å². The van der Waals surface area contributed by atoms with Crippen molar-refractivity contribution in [3.8, 4) is 5.75 Å². The van der Waals surface area contributed by atoms with Crippen LogP contribution in [0.3, 0.4) is 0 Å². The number of hydrogen-bond donors (Lipinski definition) is 1. The van der Waals surface area contributed by atoms with Crippen LogP contribution in [0.4, 0.5) is 0 Å². The van der Waals surface area contributed by atoms with E-state index in [0.717, 1.165) is 5.75 Å². The van der Waals surface area contributed by atoms with Gasteiger partial charge in [-0.3, -0.25) is 0 Å². The number of nitrogens with one attached hydrogen (secondary N) is 1. The zero-order chi connectivity index (χ0) is 8.39. The zero-order valence-corrected chi connectivity index (χ0v) is 6.91. The minimum absolute atomic E-state index is 0.172. The van der Waals surface area contributed by atoms with Gasteiger partial charge in [-0.25, -0.2) is 0 Å². The van der Waals surface area contributed by atoms with Crippen LogP contribution in [-0.2, 0) is 4.84 Å². The van der Waals surface area contributed by atoms with Crippen LogP contribution in [0, 0.1) is 0 Å². The maximum absolute atomic E-state index is 5.42. The quantitative estimate of drug-likeness (QED) is 0.669. The van der Waals surface area contributed by atoms with Gasteiger partial charge in [0.1, 0.15) is 12.4 Å². The van der Waals surface area contributed by atoms with Gasteiger partial charge in [-0.2, -0.15) is 5.48 Å². The molecular weight excluding hydrogens is 154 g/mol. The lowest BCUT2D eigenvalue weighted by Crippen LogP contribution is -2.20. The smallest absolute Gasteiger partial charge is 0.124 e. The largest absolute Gasteiger partial charge is 0.491 e. The highest BCUT2D eigenvalue weighted by Crippen LogP contribution is 2.31. The van der Waals surface area contributed by atoms with Crippen molar-refractivity contribution < 1.29 is 9.57 Å². The molecule has 1 aromatic rings. The Morgan fingerprint density at radius 3 is 3.17 bits per heavy atom. The molecule has 0 aliphatic carbocycles. The van der Waals surface area contributed by atoms with Gasteiger partial charge >= 0.3 is 0 Å². The molecule has 2 rings (SSSR count). The number of fused-ring (bicyclic) bond motifs is 1. The van der Waals surface area contributed by atoms with Crippen molar-refractivity contribution >= 4 is 0 Å². The minimum Gasteiger partial charge on any atom is -0.491 e. The minimum atomic E-state index is 0.172. The fourth-order valence-electron chi connectivity index (χ4n) is 1.40. The number of hydroxylamine groups is 1. The lowest BCUT2D eigenvalue weighted by atomic mass is 10.1. The van der Waals surface area contributed by atoms with E-state index >= 15 is 0 Å². The fraction of sp³-hybridized carbons (Fsp3) is 0.333. The molecule has 1 heterocycles. The molecule has 1 atom stereocenters. The van der Waals surface area contributed by atoms with Gasteiger partial charge in [0, 0.05) is 5.56 Å². The summed E-state index contributed by atoms with van der Waals surface area (Å²) in [6.45, 7) is 0.646. The van der Waals surface area contributed by atoms with Gasteiger partial charge in [0.25, 0.3) is 0 Å². The van der Waals surface area contributed by atoms with E-state index in [0.29, 0.717) is 6.61 Å². The van der Waals surface area contributed by atoms with E-state index in [1.165, 1.54) is 5.56 Å². The molecule has 0 bridgehead atoms. The van der Waals surface area contributed by atoms with Gasteiger partial charge in [0.2, 0.25) is 0 Å². The average molecular weight is 165 g/mol. The molecule has 1 N–H and O–H groups in total. The molecule has 1 aliphatic rings. The summed E-state index contributed by atoms with van der Waals surface area (Å²) in [7, 11) is 1.61. The van der Waals surface area contributed by atoms with Crippen LogP contribution in [0.15, 0.2) is 24.3 Å². The van der Waals surface area contributed by atoms with E-state index in [2.05, 4.69) is 5.48 Å². The lowest BCUT2D eigenvalue weighted by Gasteiger charge is -2.07. The van der Waals surface area contributed by atoms with E-state index < -0.39 is 0 Å². The fourth-order valence-corrected chi connectivity index (χ4v) is 1.40. The highest BCUT2D eigenvalue weighted by atomic mass is 16.6. The molecule has 3 heteroatoms. The van der Waals surface area contributed by atoms with E-state index in [1.54, 1.807) is 7.11 Å². The summed E-state index contributed by atoms with van der Waals surface area (Å²) in [6, 6.07) is 8.14. The Kier molecular flexibility index (Phi) is 1.98. The number of benzene rings is 1. The first kappa shape index (κ1) is 7.58. The summed E-state index contributed by atoms with van der Waals surface area (Å²) in [6.07, 6.45) is 0. The molecule has 3 nitrogen and oxygen atoms in total. The van der Waals surface area contributed by atoms with E-state index in [1.807, 2.05) is 24.3 Å². The Bertz CT molecular complexity index is 273. The van der Waals surface area contributed by atoms with Gasteiger partial charge in [-0.15, -0.1) is 0 Å². The van der Waals surface area contributed by atoms with Gasteiger partial charge in [0.05, 0.1) is 13.2 Å². The molecule has 0 amide bonds. The predicted molar refractivity (Wildman–Crippen MR) is 44.8 cm³/mol. The maximum Gasteiger partial charge on any atom is 0.124 e. The third-order valence-corrected chi connectivity index (χ3v) is 1.96. The Morgan fingerprint density at radius 2 is 2.33 bits per heavy atom. The SMILES string of the molecule is CONC1COc2ccccc21. The van der Waals surface area contributed by atoms with Crippen LogP contribution >= 0.6 is 0 Å². The number of hydrogen-bond acceptors (Lipinski definition) is 3. The van der Waals surface area contributed by atoms with Crippen molar-refractivity contribution in [2.45, 2.75) is 6.04 Å². The van der Waals surface area contributed by atoms with E-state index in [-0.39, 0.29) is 6.04 Å². The molecule has 0 fully saturated rings. The van der Waals surface area contributed by atoms with Crippen molar-refractivity contribution in [2.75, 3.05) is 13.7 Å². The second-order valence-corrected chi connectivity index (χ2v) is 2.72. The summed E-state index contributed by atoms with van der Waals surface area (Å²) in [4.78, 5) is 4.85. The van der Waals surface area contributed by atoms with Crippen LogP contribution < -0.4 is 10.2 Å². The number of para-hydroxylation sites is 1. The van der Waals surface area contributed by atoms with Crippen LogP contribution in [-0.4, -0.2) is 13.7 Å². The Morgan fingerprint density at radius 1 is 1.50 bits per heavy atom. The molecule has 1 unspecified atom stereocenters. The first-order valence-electron chi connectivity index (χ1n) is 3.92. The normalized spacial score (nSPS) is 20.2. The summed E-state index contributed by atoms with van der Waals surface area (Å²) in [5.41, 5.74) is 4.04. The maximum atomic E-state index is 5.42. The molecule has 0 spiro atoms. The van der Waals surface area contributed by atoms with Crippen LogP contribution in [0.5, 0.6) is 5.75 Å². The molecular formula is C9H11NO2. The van der Waals surface area contributed by atoms with Gasteiger partial charge < -0.3 is 9.57 Å². The van der Waals surface area contributed by atoms with Crippen molar-refractivity contribution in [2.24, 2.45) is 0 Å². The first-order chi connectivity index (χ1) is 5.92. The summed E-state index contributed by atoms with van der Waals surface area (Å²) >= 11 is 0. The standard InChI is InChI=1S/C9H11NO2/c1-11-10-8-6-12-9-5-3-2-4-7(8)9/h2-5,8,10H,6H2,1H3. The highest BCUT2D eigenvalue weighted by Gasteiger charge is 2.22. The van der Waals surface area contributed by atoms with Gasteiger partial charge in [-0.1, -0.05) is 18.2 Å². The van der Waals surface area contributed by atoms with Crippen molar-refractivity contribution in [1.29, 1.82) is 0 Å². The average Bonchev–Trinajstić information content (AvgIpc) is 2.50. The molecule has 0 aromatic heterocycles. The molecule has 1 aliphatic heterocycles. The molecule has 64 valence electrons. The second kappa shape index (κ2) is 3.13. The number of rotatable bonds is 2. The van der Waals surface area contributed by atoms with Crippen molar-refractivity contribution in [3.05, 3.63) is 29.8 Å². The molecule has 0 saturated carbocycles. The van der Waals surface area contributed by atoms with Gasteiger partial charge in [-0.05, 0) is 6.07 Å². The summed E-state index contributed by atoms with van der Waals surface area (Å²) in [5, 5.41) is 0. The monoisotopic (exact) mass is 165 g/mol. The van der Waals surface area contributed by atoms with E-state index in [4.69, 9.17) is 9.57 Å². The van der Waals surface area contributed by atoms with Crippen LogP contribution in [0.25, 0.3) is 0 Å². The zero-order valence-electron chi connectivity index (χ0n) is 6.91. The van der Waals surface area contributed by atoms with Gasteiger partial charge in [0.15, 0.2) is 0 Å². The van der Waals surface area contributed by atoms with Crippen molar-refractivity contribution in [1.82, 2.24) is 5.48 Å². The predicted octanol–water partition coefficient (Wildman–Crippen LogP) is 1.27. The van der Waals surface area contributed by atoms with Crippen molar-refractivity contribution in [3.63, 3.8) is 0 Å². The topological polar surface area (TPSA) is 30.5 Å². The van der Waals surface area contributed by atoms with Crippen LogP contribution in [0.2, 0.25) is 0 Å². The molecule has 0 saturated heterocycles. The Balaban J connectivity index is 2.24. The highest BCUT2D eigenvalue weighted by molar-refractivity contribution is 5.38. The first-order valence-corrected chi connectivity index (χ1v) is 3.92. The lowest BCUT2D eigenvalue weighted by molar-refractivity contribution is 0.0536. The van der Waals surface area contributed by atoms with E-state index in [9.17, 15) is 0 Å². The Hall–Kier alpha value is -1.06. The second-order valence-electron chi connectivity index (χ2n) is 2.72. The third kappa shape index (κ3) is 1.17. The summed E-state index contributed by atoms with van der Waals surface area (Å²) in [5.74, 6) is 0.951. The molecule has 12 heavy (non-hydrogen) atoms. The third-order valence-electron chi connectivity index (χ3n) is 1.96. The summed E-state index contributed by atoms with van der Waals surface area (Å²) < 4.78 is 5.42. The van der Waals surface area contributed by atoms with Crippen LogP contribution in [0.1, 0.15) is 11.6 Å². The number of ether oxygens (including phenoxy) is 1. The molecule has 0 radical (unpaired) electrons. The molecule has 1 aromatic carbocycles.